The number of aliphatic hydroxyl groups is 2. The van der Waals surface area contributed by atoms with Crippen LogP contribution < -0.4 is 11.3 Å². The quantitative estimate of drug-likeness (QED) is 0.501. The van der Waals surface area contributed by atoms with Crippen LogP contribution in [-0.4, -0.2) is 53.8 Å². The summed E-state index contributed by atoms with van der Waals surface area (Å²) in [6, 6.07) is 0. The summed E-state index contributed by atoms with van der Waals surface area (Å²) in [5.41, 5.74) is 4.74. The Labute approximate surface area is 122 Å². The molecule has 1 aliphatic carbocycles. The van der Waals surface area contributed by atoms with Crippen molar-refractivity contribution in [3.63, 3.8) is 0 Å². The summed E-state index contributed by atoms with van der Waals surface area (Å²) in [5, 5.41) is 19.7. The van der Waals surface area contributed by atoms with Crippen LogP contribution in [0.1, 0.15) is 12.6 Å². The van der Waals surface area contributed by atoms with Gasteiger partial charge in [0.25, 0.3) is 5.56 Å². The van der Waals surface area contributed by atoms with E-state index in [2.05, 4.69) is 15.0 Å². The third-order valence-corrected chi connectivity index (χ3v) is 4.90. The normalized spacial score (nSPS) is 42.0. The van der Waals surface area contributed by atoms with Gasteiger partial charge in [0.2, 0.25) is 5.95 Å². The number of rotatable bonds is 2. The fraction of sp³-hybridized carbons (Fsp3) is 0.583. The molecule has 116 valence electrons. The summed E-state index contributed by atoms with van der Waals surface area (Å²) >= 11 is 0. The Morgan fingerprint density at radius 3 is 3.05 bits per heavy atom. The minimum atomic E-state index is -1.22. The summed E-state index contributed by atoms with van der Waals surface area (Å²) in [6.07, 6.45) is 0.592. The van der Waals surface area contributed by atoms with Crippen molar-refractivity contribution in [3.8, 4) is 0 Å². The van der Waals surface area contributed by atoms with Crippen molar-refractivity contribution in [2.75, 3.05) is 12.3 Å². The van der Waals surface area contributed by atoms with E-state index < -0.39 is 29.3 Å². The van der Waals surface area contributed by atoms with Gasteiger partial charge in [-0.2, -0.15) is 4.98 Å². The van der Waals surface area contributed by atoms with Gasteiger partial charge >= 0.3 is 0 Å². The Balaban J connectivity index is 1.64. The van der Waals surface area contributed by atoms with E-state index in [1.54, 1.807) is 4.57 Å². The number of H-pyrrole nitrogens is 1. The van der Waals surface area contributed by atoms with Crippen molar-refractivity contribution in [2.45, 2.75) is 30.1 Å². The zero-order valence-electron chi connectivity index (χ0n) is 11.3. The number of aromatic nitrogens is 4. The fourth-order valence-electron chi connectivity index (χ4n) is 4.01. The third-order valence-electron chi connectivity index (χ3n) is 4.90. The van der Waals surface area contributed by atoms with E-state index in [9.17, 15) is 15.0 Å². The van der Waals surface area contributed by atoms with Gasteiger partial charge in [-0.15, -0.1) is 0 Å². The van der Waals surface area contributed by atoms with Gasteiger partial charge in [0.05, 0.1) is 18.9 Å². The van der Waals surface area contributed by atoms with Crippen LogP contribution in [0.5, 0.6) is 0 Å². The molecule has 2 aliphatic heterocycles. The Morgan fingerprint density at radius 1 is 1.55 bits per heavy atom. The van der Waals surface area contributed by atoms with Gasteiger partial charge < -0.3 is 25.4 Å². The molecule has 5 atom stereocenters. The molecule has 0 aromatic carbocycles. The second-order valence-corrected chi connectivity index (χ2v) is 6.09. The lowest BCUT2D eigenvalue weighted by atomic mass is 9.59. The molecule has 4 heterocycles. The Hall–Kier alpha value is -2.01. The van der Waals surface area contributed by atoms with E-state index in [1.165, 1.54) is 6.33 Å². The maximum absolute atomic E-state index is 11.8. The van der Waals surface area contributed by atoms with E-state index in [0.29, 0.717) is 0 Å². The number of nitrogens with zero attached hydrogens (tertiary/aromatic N) is 3. The first kappa shape index (κ1) is 12.5. The molecule has 3 unspecified atom stereocenters. The maximum atomic E-state index is 11.8. The standard InChI is InChI=1S/C12H13N5O5/c13-10-15-7-4(8(19)16-10)14-3-17(7)9-5-6-11(2-18,22-9)1-12(6,20)21-5/h3,5-6,9,18,20H,1-2H2,(H3,13,15,16,19)/t5?,6?,9-,11-,12?/m1/s1. The van der Waals surface area contributed by atoms with Gasteiger partial charge in [-0.1, -0.05) is 0 Å². The molecule has 0 amide bonds. The van der Waals surface area contributed by atoms with Crippen LogP contribution in [0, 0.1) is 5.92 Å². The molecule has 10 nitrogen and oxygen atoms in total. The first-order valence-electron chi connectivity index (χ1n) is 6.89. The predicted octanol–water partition coefficient (Wildman–Crippen LogP) is -1.93. The molecule has 2 aromatic rings. The predicted molar refractivity (Wildman–Crippen MR) is 70.4 cm³/mol. The molecule has 3 fully saturated rings. The summed E-state index contributed by atoms with van der Waals surface area (Å²) in [6.45, 7) is -0.209. The molecule has 22 heavy (non-hydrogen) atoms. The Bertz CT molecular complexity index is 863. The first-order chi connectivity index (χ1) is 10.5. The maximum Gasteiger partial charge on any atom is 0.280 e. The molecule has 0 radical (unpaired) electrons. The minimum Gasteiger partial charge on any atom is -0.393 e. The number of nitrogens with one attached hydrogen (secondary N) is 1. The molecule has 2 aromatic heterocycles. The zero-order valence-corrected chi connectivity index (χ0v) is 11.3. The summed E-state index contributed by atoms with van der Waals surface area (Å²) in [4.78, 5) is 22.3. The van der Waals surface area contributed by atoms with Crippen molar-refractivity contribution in [2.24, 2.45) is 5.92 Å². The number of hydrogen-bond acceptors (Lipinski definition) is 8. The number of imidazole rings is 1. The summed E-state index contributed by atoms with van der Waals surface area (Å²) < 4.78 is 13.0. The number of aliphatic hydroxyl groups excluding tert-OH is 1. The van der Waals surface area contributed by atoms with Crippen LogP contribution >= 0.6 is 0 Å². The van der Waals surface area contributed by atoms with E-state index in [-0.39, 0.29) is 36.1 Å². The third kappa shape index (κ3) is 1.19. The number of fused-ring (bicyclic) bond motifs is 1. The summed E-state index contributed by atoms with van der Waals surface area (Å²) in [5.74, 6) is -1.54. The van der Waals surface area contributed by atoms with Crippen molar-refractivity contribution in [1.82, 2.24) is 19.5 Å². The number of anilines is 1. The largest absolute Gasteiger partial charge is 0.393 e. The number of hydrogen-bond donors (Lipinski definition) is 4. The van der Waals surface area contributed by atoms with Crippen molar-refractivity contribution < 1.29 is 19.7 Å². The molecule has 0 bridgehead atoms. The highest BCUT2D eigenvalue weighted by molar-refractivity contribution is 5.70. The Morgan fingerprint density at radius 2 is 2.36 bits per heavy atom. The molecular formula is C12H13N5O5. The minimum absolute atomic E-state index is 0.0249. The molecule has 5 rings (SSSR count). The fourth-order valence-corrected chi connectivity index (χ4v) is 4.01. The molecule has 1 saturated carbocycles. The van der Waals surface area contributed by atoms with E-state index in [0.717, 1.165) is 0 Å². The smallest absolute Gasteiger partial charge is 0.280 e. The van der Waals surface area contributed by atoms with Crippen molar-refractivity contribution in [1.29, 1.82) is 0 Å². The highest BCUT2D eigenvalue weighted by Crippen LogP contribution is 2.68. The topological polar surface area (TPSA) is 149 Å². The lowest BCUT2D eigenvalue weighted by molar-refractivity contribution is -0.434. The van der Waals surface area contributed by atoms with Gasteiger partial charge in [-0.3, -0.25) is 14.3 Å². The highest BCUT2D eigenvalue weighted by Gasteiger charge is 2.81. The van der Waals surface area contributed by atoms with Crippen LogP contribution in [0.25, 0.3) is 11.2 Å². The average Bonchev–Trinajstić information content (AvgIpc) is 2.90. The molecule has 10 heteroatoms. The molecule has 3 aliphatic rings. The van der Waals surface area contributed by atoms with E-state index >= 15 is 0 Å². The zero-order chi connectivity index (χ0) is 15.3. The number of nitrogen functional groups attached to an aromatic ring is 1. The van der Waals surface area contributed by atoms with Crippen LogP contribution in [0.3, 0.4) is 0 Å². The van der Waals surface area contributed by atoms with E-state index in [1.807, 2.05) is 0 Å². The van der Waals surface area contributed by atoms with Gasteiger partial charge in [-0.25, -0.2) is 4.98 Å². The lowest BCUT2D eigenvalue weighted by Gasteiger charge is -2.62. The van der Waals surface area contributed by atoms with Gasteiger partial charge in [0.1, 0.15) is 11.7 Å². The first-order valence-corrected chi connectivity index (χ1v) is 6.89. The lowest BCUT2D eigenvalue weighted by Crippen LogP contribution is -2.77. The van der Waals surface area contributed by atoms with E-state index in [4.69, 9.17) is 15.2 Å². The van der Waals surface area contributed by atoms with Crippen LogP contribution in [-0.2, 0) is 9.47 Å². The average molecular weight is 307 g/mol. The van der Waals surface area contributed by atoms with Crippen molar-refractivity contribution >= 4 is 17.1 Å². The van der Waals surface area contributed by atoms with Gasteiger partial charge in [-0.05, 0) is 0 Å². The molecule has 0 spiro atoms. The van der Waals surface area contributed by atoms with Crippen molar-refractivity contribution in [3.05, 3.63) is 16.7 Å². The summed E-state index contributed by atoms with van der Waals surface area (Å²) in [7, 11) is 0. The molecular weight excluding hydrogens is 294 g/mol. The molecule has 5 N–H and O–H groups in total. The number of ether oxygens (including phenoxy) is 2. The Kier molecular flexibility index (Phi) is 1.98. The van der Waals surface area contributed by atoms with Crippen LogP contribution in [0.15, 0.2) is 11.1 Å². The monoisotopic (exact) mass is 307 g/mol. The molecule has 2 saturated heterocycles. The van der Waals surface area contributed by atoms with Gasteiger partial charge in [0.15, 0.2) is 23.2 Å². The highest BCUT2D eigenvalue weighted by atomic mass is 16.7. The van der Waals surface area contributed by atoms with Gasteiger partial charge in [0, 0.05) is 6.42 Å². The van der Waals surface area contributed by atoms with Crippen LogP contribution in [0.4, 0.5) is 5.95 Å². The SMILES string of the molecule is Nc1nc2c(ncn2[C@@H]2O[C@@]3(CO)CC4(O)OC2C43)c(=O)[nH]1. The number of aromatic amines is 1. The second kappa shape index (κ2) is 3.49. The van der Waals surface area contributed by atoms with Crippen LogP contribution in [0.2, 0.25) is 0 Å². The number of nitrogens with two attached hydrogens (primary N) is 1. The second-order valence-electron chi connectivity index (χ2n) is 6.09.